The molecule has 1 aromatic carbocycles. The molecule has 0 saturated carbocycles. The molecular weight excluding hydrogens is 280 g/mol. The zero-order valence-electron chi connectivity index (χ0n) is 13.3. The fourth-order valence-corrected chi connectivity index (χ4v) is 3.11. The minimum Gasteiger partial charge on any atom is -0.395 e. The van der Waals surface area contributed by atoms with E-state index in [9.17, 15) is 9.59 Å². The zero-order chi connectivity index (χ0) is 16.2. The Bertz CT molecular complexity index is 532. The van der Waals surface area contributed by atoms with E-state index in [2.05, 4.69) is 0 Å². The summed E-state index contributed by atoms with van der Waals surface area (Å²) < 4.78 is 0. The first-order valence-electron chi connectivity index (χ1n) is 7.82. The average molecular weight is 304 g/mol. The Balaban J connectivity index is 2.25. The van der Waals surface area contributed by atoms with E-state index in [1.165, 1.54) is 0 Å². The molecule has 0 spiro atoms. The van der Waals surface area contributed by atoms with Gasteiger partial charge in [-0.25, -0.2) is 0 Å². The molecule has 1 unspecified atom stereocenters. The highest BCUT2D eigenvalue weighted by atomic mass is 16.3. The lowest BCUT2D eigenvalue weighted by molar-refractivity contribution is -0.141. The van der Waals surface area contributed by atoms with Gasteiger partial charge in [-0.05, 0) is 38.8 Å². The fourth-order valence-electron chi connectivity index (χ4n) is 3.11. The number of likely N-dealkylation sites (N-methyl/N-ethyl adjacent to an activating group) is 1. The molecule has 0 radical (unpaired) electrons. The SMILES string of the molecule is CCN(CCO)C(=O)C1(C)CCCN1C(=O)c1ccccc1. The summed E-state index contributed by atoms with van der Waals surface area (Å²) in [6, 6.07) is 9.07. The second kappa shape index (κ2) is 6.92. The number of carbonyl (C=O) groups excluding carboxylic acids is 2. The highest BCUT2D eigenvalue weighted by molar-refractivity contribution is 5.99. The van der Waals surface area contributed by atoms with Crippen molar-refractivity contribution >= 4 is 11.8 Å². The van der Waals surface area contributed by atoms with Gasteiger partial charge in [0.2, 0.25) is 5.91 Å². The van der Waals surface area contributed by atoms with Gasteiger partial charge in [-0.3, -0.25) is 9.59 Å². The fraction of sp³-hybridized carbons (Fsp3) is 0.529. The highest BCUT2D eigenvalue weighted by Gasteiger charge is 2.47. The van der Waals surface area contributed by atoms with Gasteiger partial charge in [-0.2, -0.15) is 0 Å². The third kappa shape index (κ3) is 2.99. The molecule has 1 aliphatic heterocycles. The first-order valence-corrected chi connectivity index (χ1v) is 7.82. The zero-order valence-corrected chi connectivity index (χ0v) is 13.3. The van der Waals surface area contributed by atoms with Crippen LogP contribution in [0.15, 0.2) is 30.3 Å². The lowest BCUT2D eigenvalue weighted by atomic mass is 9.96. The smallest absolute Gasteiger partial charge is 0.254 e. The Morgan fingerprint density at radius 2 is 2.00 bits per heavy atom. The summed E-state index contributed by atoms with van der Waals surface area (Å²) in [6.45, 7) is 5.08. The first-order chi connectivity index (χ1) is 10.5. The first kappa shape index (κ1) is 16.5. The van der Waals surface area contributed by atoms with Crippen molar-refractivity contribution in [2.45, 2.75) is 32.2 Å². The van der Waals surface area contributed by atoms with E-state index in [0.29, 0.717) is 31.6 Å². The van der Waals surface area contributed by atoms with Gasteiger partial charge in [0, 0.05) is 25.2 Å². The van der Waals surface area contributed by atoms with E-state index >= 15 is 0 Å². The standard InChI is InChI=1S/C17H24N2O3/c1-3-18(12-13-20)16(22)17(2)10-7-11-19(17)15(21)14-8-5-4-6-9-14/h4-6,8-9,20H,3,7,10-13H2,1-2H3. The maximum Gasteiger partial charge on any atom is 0.254 e. The van der Waals surface area contributed by atoms with Crippen LogP contribution in [0, 0.1) is 0 Å². The summed E-state index contributed by atoms with van der Waals surface area (Å²) in [6.07, 6.45) is 1.48. The second-order valence-corrected chi connectivity index (χ2v) is 5.81. The van der Waals surface area contributed by atoms with Gasteiger partial charge in [0.25, 0.3) is 5.91 Å². The largest absolute Gasteiger partial charge is 0.395 e. The van der Waals surface area contributed by atoms with Crippen LogP contribution in [0.5, 0.6) is 0 Å². The molecule has 1 atom stereocenters. The Kier molecular flexibility index (Phi) is 5.19. The van der Waals surface area contributed by atoms with E-state index in [4.69, 9.17) is 5.11 Å². The number of carbonyl (C=O) groups is 2. The number of rotatable bonds is 5. The lowest BCUT2D eigenvalue weighted by Gasteiger charge is -2.37. The number of aliphatic hydroxyl groups excluding tert-OH is 1. The van der Waals surface area contributed by atoms with E-state index in [1.807, 2.05) is 32.0 Å². The Morgan fingerprint density at radius 1 is 1.32 bits per heavy atom. The van der Waals surface area contributed by atoms with Crippen LogP contribution in [0.1, 0.15) is 37.0 Å². The molecule has 2 rings (SSSR count). The minimum atomic E-state index is -0.821. The predicted octanol–water partition coefficient (Wildman–Crippen LogP) is 1.52. The van der Waals surface area contributed by atoms with Crippen LogP contribution in [0.4, 0.5) is 0 Å². The number of aliphatic hydroxyl groups is 1. The van der Waals surface area contributed by atoms with Crippen molar-refractivity contribution in [1.82, 2.24) is 9.80 Å². The van der Waals surface area contributed by atoms with Gasteiger partial charge < -0.3 is 14.9 Å². The van der Waals surface area contributed by atoms with Crippen molar-refractivity contribution in [3.63, 3.8) is 0 Å². The molecule has 1 saturated heterocycles. The van der Waals surface area contributed by atoms with Crippen LogP contribution < -0.4 is 0 Å². The molecule has 0 aromatic heterocycles. The van der Waals surface area contributed by atoms with Crippen LogP contribution in [0.25, 0.3) is 0 Å². The maximum absolute atomic E-state index is 12.9. The third-order valence-corrected chi connectivity index (χ3v) is 4.41. The van der Waals surface area contributed by atoms with Crippen molar-refractivity contribution in [3.8, 4) is 0 Å². The summed E-state index contributed by atoms with van der Waals surface area (Å²) >= 11 is 0. The van der Waals surface area contributed by atoms with Gasteiger partial charge in [-0.15, -0.1) is 0 Å². The van der Waals surface area contributed by atoms with E-state index < -0.39 is 5.54 Å². The number of benzene rings is 1. The topological polar surface area (TPSA) is 60.9 Å². The summed E-state index contributed by atoms with van der Waals surface area (Å²) in [4.78, 5) is 28.9. The number of hydrogen-bond acceptors (Lipinski definition) is 3. The predicted molar refractivity (Wildman–Crippen MR) is 84.5 cm³/mol. The average Bonchev–Trinajstić information content (AvgIpc) is 2.95. The molecule has 5 nitrogen and oxygen atoms in total. The Hall–Kier alpha value is -1.88. The monoisotopic (exact) mass is 304 g/mol. The highest BCUT2D eigenvalue weighted by Crippen LogP contribution is 2.32. The minimum absolute atomic E-state index is 0.0672. The lowest BCUT2D eigenvalue weighted by Crippen LogP contribution is -2.57. The maximum atomic E-state index is 12.9. The Morgan fingerprint density at radius 3 is 2.59 bits per heavy atom. The summed E-state index contributed by atoms with van der Waals surface area (Å²) in [5.74, 6) is -0.181. The molecule has 1 N–H and O–H groups in total. The van der Waals surface area contributed by atoms with Crippen LogP contribution >= 0.6 is 0 Å². The van der Waals surface area contributed by atoms with Crippen LogP contribution in [-0.4, -0.2) is 58.5 Å². The van der Waals surface area contributed by atoms with Crippen molar-refractivity contribution < 1.29 is 14.7 Å². The van der Waals surface area contributed by atoms with E-state index in [-0.39, 0.29) is 18.4 Å². The molecule has 5 heteroatoms. The number of nitrogens with zero attached hydrogens (tertiary/aromatic N) is 2. The normalized spacial score (nSPS) is 21.0. The molecule has 1 aromatic rings. The molecule has 1 heterocycles. The molecule has 120 valence electrons. The van der Waals surface area contributed by atoms with Gasteiger partial charge >= 0.3 is 0 Å². The number of likely N-dealkylation sites (tertiary alicyclic amines) is 1. The summed E-state index contributed by atoms with van der Waals surface area (Å²) in [5, 5.41) is 9.12. The van der Waals surface area contributed by atoms with Crippen LogP contribution in [0.3, 0.4) is 0 Å². The van der Waals surface area contributed by atoms with Gasteiger partial charge in [0.1, 0.15) is 5.54 Å². The third-order valence-electron chi connectivity index (χ3n) is 4.41. The molecule has 22 heavy (non-hydrogen) atoms. The van der Waals surface area contributed by atoms with Crippen LogP contribution in [0.2, 0.25) is 0 Å². The number of hydrogen-bond donors (Lipinski definition) is 1. The van der Waals surface area contributed by atoms with Gasteiger partial charge in [0.05, 0.1) is 6.61 Å². The Labute approximate surface area is 131 Å². The summed E-state index contributed by atoms with van der Waals surface area (Å²) in [7, 11) is 0. The molecule has 0 bridgehead atoms. The van der Waals surface area contributed by atoms with Crippen molar-refractivity contribution in [2.24, 2.45) is 0 Å². The quantitative estimate of drug-likeness (QED) is 0.897. The second-order valence-electron chi connectivity index (χ2n) is 5.81. The van der Waals surface area contributed by atoms with Crippen molar-refractivity contribution in [2.75, 3.05) is 26.2 Å². The molecule has 0 aliphatic carbocycles. The molecule has 2 amide bonds. The molecular formula is C17H24N2O3. The number of amides is 2. The van der Waals surface area contributed by atoms with Gasteiger partial charge in [-0.1, -0.05) is 18.2 Å². The van der Waals surface area contributed by atoms with Crippen molar-refractivity contribution in [3.05, 3.63) is 35.9 Å². The summed E-state index contributed by atoms with van der Waals surface area (Å²) in [5.41, 5.74) is -0.216. The van der Waals surface area contributed by atoms with E-state index in [1.54, 1.807) is 21.9 Å². The van der Waals surface area contributed by atoms with Crippen LogP contribution in [-0.2, 0) is 4.79 Å². The van der Waals surface area contributed by atoms with Crippen molar-refractivity contribution in [1.29, 1.82) is 0 Å². The molecule has 1 fully saturated rings. The molecule has 1 aliphatic rings. The van der Waals surface area contributed by atoms with E-state index in [0.717, 1.165) is 6.42 Å². The van der Waals surface area contributed by atoms with Gasteiger partial charge in [0.15, 0.2) is 0 Å².